The predicted molar refractivity (Wildman–Crippen MR) is 135 cm³/mol. The highest BCUT2D eigenvalue weighted by atomic mass is 32.2. The second-order valence-electron chi connectivity index (χ2n) is 7.10. The van der Waals surface area contributed by atoms with Crippen LogP contribution < -0.4 is 10.0 Å². The van der Waals surface area contributed by atoms with Crippen LogP contribution in [-0.4, -0.2) is 41.7 Å². The van der Waals surface area contributed by atoms with E-state index in [1.54, 1.807) is 11.8 Å². The highest BCUT2D eigenvalue weighted by Gasteiger charge is 2.25. The number of hydrogen-bond donors (Lipinski definition) is 3. The summed E-state index contributed by atoms with van der Waals surface area (Å²) in [5.74, 6) is -0.305. The number of carbonyl (C=O) groups is 1. The van der Waals surface area contributed by atoms with Crippen molar-refractivity contribution in [3.63, 3.8) is 0 Å². The molecular weight excluding hydrogens is 510 g/mol. The first-order valence-corrected chi connectivity index (χ1v) is 13.5. The zero-order valence-corrected chi connectivity index (χ0v) is 20.5. The lowest BCUT2D eigenvalue weighted by Crippen LogP contribution is -2.31. The number of nitrogens with zero attached hydrogens (tertiary/aromatic N) is 2. The molecule has 0 aliphatic rings. The van der Waals surface area contributed by atoms with Crippen LogP contribution in [0.15, 0.2) is 81.9 Å². The van der Waals surface area contributed by atoms with Crippen molar-refractivity contribution in [2.45, 2.75) is 9.79 Å². The van der Waals surface area contributed by atoms with Crippen LogP contribution in [0.5, 0.6) is 0 Å². The SMILES string of the molecule is O=C(NS(=O)(=O)c1ccc(NCCSc2ccccc2)c([N+](=O)[O-])c1)c1cc(-c2cccs2)[nH]n1. The first kappa shape index (κ1) is 24.4. The molecule has 0 fully saturated rings. The van der Waals surface area contributed by atoms with Crippen LogP contribution in [0, 0.1) is 10.1 Å². The fourth-order valence-corrected chi connectivity index (χ4v) is 5.54. The smallest absolute Gasteiger partial charge is 0.293 e. The van der Waals surface area contributed by atoms with Gasteiger partial charge in [-0.25, -0.2) is 13.1 Å². The summed E-state index contributed by atoms with van der Waals surface area (Å²) in [6.45, 7) is 0.426. The second kappa shape index (κ2) is 10.7. The number of anilines is 1. The number of amides is 1. The molecule has 0 aliphatic carbocycles. The molecule has 4 rings (SSSR count). The largest absolute Gasteiger partial charge is 0.379 e. The van der Waals surface area contributed by atoms with E-state index in [0.717, 1.165) is 15.8 Å². The molecule has 1 amide bonds. The quantitative estimate of drug-likeness (QED) is 0.119. The third-order valence-corrected chi connectivity index (χ3v) is 7.98. The van der Waals surface area contributed by atoms with Crippen LogP contribution >= 0.6 is 23.1 Å². The lowest BCUT2D eigenvalue weighted by molar-refractivity contribution is -0.384. The van der Waals surface area contributed by atoms with Crippen LogP contribution in [0.25, 0.3) is 10.6 Å². The van der Waals surface area contributed by atoms with Crippen molar-refractivity contribution >= 4 is 50.4 Å². The van der Waals surface area contributed by atoms with Gasteiger partial charge in [0.05, 0.1) is 20.4 Å². The maximum Gasteiger partial charge on any atom is 0.293 e. The second-order valence-corrected chi connectivity index (χ2v) is 10.9. The van der Waals surface area contributed by atoms with Gasteiger partial charge < -0.3 is 5.32 Å². The molecule has 0 saturated heterocycles. The number of rotatable bonds is 10. The zero-order chi connectivity index (χ0) is 24.8. The molecule has 2 aromatic heterocycles. The number of aromatic amines is 1. The Morgan fingerprint density at radius 1 is 1.11 bits per heavy atom. The van der Waals surface area contributed by atoms with Gasteiger partial charge in [-0.15, -0.1) is 23.1 Å². The third-order valence-electron chi connectivity index (χ3n) is 4.73. The molecule has 0 atom stereocenters. The van der Waals surface area contributed by atoms with Crippen LogP contribution in [0.3, 0.4) is 0 Å². The van der Waals surface area contributed by atoms with Crippen LogP contribution in [-0.2, 0) is 10.0 Å². The molecule has 10 nitrogen and oxygen atoms in total. The summed E-state index contributed by atoms with van der Waals surface area (Å²) in [6, 6.07) is 18.2. The van der Waals surface area contributed by atoms with Crippen LogP contribution in [0.4, 0.5) is 11.4 Å². The number of benzene rings is 2. The highest BCUT2D eigenvalue weighted by Crippen LogP contribution is 2.28. The Morgan fingerprint density at radius 3 is 2.63 bits per heavy atom. The maximum absolute atomic E-state index is 12.7. The Balaban J connectivity index is 1.43. The average Bonchev–Trinajstić information content (AvgIpc) is 3.54. The van der Waals surface area contributed by atoms with Gasteiger partial charge in [0.15, 0.2) is 5.69 Å². The van der Waals surface area contributed by atoms with Gasteiger partial charge in [0.2, 0.25) is 0 Å². The van der Waals surface area contributed by atoms with E-state index in [1.807, 2.05) is 52.6 Å². The summed E-state index contributed by atoms with van der Waals surface area (Å²) in [7, 11) is -4.37. The normalized spacial score (nSPS) is 11.2. The first-order valence-electron chi connectivity index (χ1n) is 10.2. The fourth-order valence-electron chi connectivity index (χ4n) is 3.08. The van der Waals surface area contributed by atoms with Crippen molar-refractivity contribution in [2.24, 2.45) is 0 Å². The topological polar surface area (TPSA) is 147 Å². The lowest BCUT2D eigenvalue weighted by atomic mass is 10.2. The number of carbonyl (C=O) groups excluding carboxylic acids is 1. The number of thioether (sulfide) groups is 1. The molecule has 0 unspecified atom stereocenters. The van der Waals surface area contributed by atoms with Crippen LogP contribution in [0.1, 0.15) is 10.5 Å². The molecule has 3 N–H and O–H groups in total. The third kappa shape index (κ3) is 6.07. The maximum atomic E-state index is 12.7. The van der Waals surface area contributed by atoms with Gasteiger partial charge in [-0.1, -0.05) is 24.3 Å². The van der Waals surface area contributed by atoms with Crippen molar-refractivity contribution in [3.05, 3.63) is 87.9 Å². The van der Waals surface area contributed by atoms with Crippen molar-refractivity contribution in [2.75, 3.05) is 17.6 Å². The van der Waals surface area contributed by atoms with Gasteiger partial charge >= 0.3 is 0 Å². The molecule has 0 radical (unpaired) electrons. The van der Waals surface area contributed by atoms with Gasteiger partial charge in [-0.3, -0.25) is 20.0 Å². The number of nitro benzene ring substituents is 1. The van der Waals surface area contributed by atoms with Crippen molar-refractivity contribution in [1.29, 1.82) is 0 Å². The summed E-state index contributed by atoms with van der Waals surface area (Å²) >= 11 is 3.01. The molecule has 0 bridgehead atoms. The Hall–Kier alpha value is -3.68. The monoisotopic (exact) mass is 529 g/mol. The molecule has 4 aromatic rings. The number of thiophene rings is 1. The molecule has 0 spiro atoms. The summed E-state index contributed by atoms with van der Waals surface area (Å²) in [5.41, 5.74) is 0.214. The minimum Gasteiger partial charge on any atom is -0.379 e. The van der Waals surface area contributed by atoms with Crippen molar-refractivity contribution < 1.29 is 18.1 Å². The number of nitro groups is 1. The van der Waals surface area contributed by atoms with Crippen molar-refractivity contribution in [3.8, 4) is 10.6 Å². The summed E-state index contributed by atoms with van der Waals surface area (Å²) in [5, 5.41) is 22.9. The molecule has 0 aliphatic heterocycles. The van der Waals surface area contributed by atoms with Gasteiger partial charge in [0.1, 0.15) is 5.69 Å². The van der Waals surface area contributed by atoms with Gasteiger partial charge in [0.25, 0.3) is 21.6 Å². The van der Waals surface area contributed by atoms with E-state index in [9.17, 15) is 23.3 Å². The van der Waals surface area contributed by atoms with Gasteiger partial charge in [-0.2, -0.15) is 5.10 Å². The Kier molecular flexibility index (Phi) is 7.48. The number of hydrogen-bond acceptors (Lipinski definition) is 9. The van der Waals surface area contributed by atoms with Crippen LogP contribution in [0.2, 0.25) is 0 Å². The fraction of sp³-hybridized carbons (Fsp3) is 0.0909. The van der Waals surface area contributed by atoms with E-state index in [1.165, 1.54) is 29.5 Å². The molecule has 0 saturated carbocycles. The standard InChI is InChI=1S/C22H19N5O5S3/c28-22(19-14-18(24-25-19)21-7-4-11-34-21)26-35(31,32)16-8-9-17(20(13-16)27(29)30)23-10-12-33-15-5-2-1-3-6-15/h1-9,11,13-14,23H,10,12H2,(H,24,25)(H,26,28). The van der Waals surface area contributed by atoms with E-state index in [2.05, 4.69) is 15.5 Å². The zero-order valence-electron chi connectivity index (χ0n) is 18.0. The van der Waals surface area contributed by atoms with E-state index in [4.69, 9.17) is 0 Å². The Labute approximate surface area is 209 Å². The van der Waals surface area contributed by atoms with Crippen molar-refractivity contribution in [1.82, 2.24) is 14.9 Å². The van der Waals surface area contributed by atoms with E-state index in [0.29, 0.717) is 18.0 Å². The van der Waals surface area contributed by atoms with E-state index < -0.39 is 31.4 Å². The Bertz CT molecular complexity index is 1440. The highest BCUT2D eigenvalue weighted by molar-refractivity contribution is 7.99. The molecule has 2 heterocycles. The molecular formula is C22H19N5O5S3. The number of H-pyrrole nitrogens is 1. The number of nitrogens with one attached hydrogen (secondary N) is 3. The number of aromatic nitrogens is 2. The minimum atomic E-state index is -4.37. The van der Waals surface area contributed by atoms with E-state index in [-0.39, 0.29) is 11.4 Å². The minimum absolute atomic E-state index is 0.124. The summed E-state index contributed by atoms with van der Waals surface area (Å²) < 4.78 is 27.4. The van der Waals surface area contributed by atoms with Gasteiger partial charge in [-0.05, 0) is 41.8 Å². The summed E-state index contributed by atoms with van der Waals surface area (Å²) in [6.07, 6.45) is 0. The Morgan fingerprint density at radius 2 is 1.91 bits per heavy atom. The first-order chi connectivity index (χ1) is 16.8. The number of sulfonamides is 1. The van der Waals surface area contributed by atoms with Gasteiger partial charge in [0, 0.05) is 23.3 Å². The lowest BCUT2D eigenvalue weighted by Gasteiger charge is -2.10. The summed E-state index contributed by atoms with van der Waals surface area (Å²) in [4.78, 5) is 24.9. The molecule has 13 heteroatoms. The molecule has 35 heavy (non-hydrogen) atoms. The van der Waals surface area contributed by atoms with E-state index >= 15 is 0 Å². The predicted octanol–water partition coefficient (Wildman–Crippen LogP) is 4.37. The molecule has 180 valence electrons. The average molecular weight is 530 g/mol. The molecule has 2 aromatic carbocycles.